The lowest BCUT2D eigenvalue weighted by Crippen LogP contribution is -2.45. The van der Waals surface area contributed by atoms with Crippen LogP contribution in [0.1, 0.15) is 55.3 Å². The van der Waals surface area contributed by atoms with Gasteiger partial charge in [0, 0.05) is 24.3 Å². The number of amides is 4. The predicted molar refractivity (Wildman–Crippen MR) is 102 cm³/mol. The fourth-order valence-corrected chi connectivity index (χ4v) is 2.97. The number of rotatable bonds is 6. The molecule has 0 spiro atoms. The Kier molecular flexibility index (Phi) is 6.02. The van der Waals surface area contributed by atoms with Crippen LogP contribution in [0.15, 0.2) is 18.2 Å². The van der Waals surface area contributed by atoms with Crippen LogP contribution < -0.4 is 10.6 Å². The standard InChI is InChI=1S/C19H28N4O3/c1-6-22(7-2)11-10-20-18(26)21-13-8-9-14-15(12-13)17(25)23(16(14)24)19(3,4)5/h8-9,12H,6-7,10-11H2,1-5H3,(H2,20,21,26). The molecule has 1 aromatic rings. The van der Waals surface area contributed by atoms with Crippen molar-refractivity contribution in [1.82, 2.24) is 15.1 Å². The Labute approximate surface area is 154 Å². The van der Waals surface area contributed by atoms with E-state index in [0.717, 1.165) is 19.6 Å². The van der Waals surface area contributed by atoms with E-state index in [9.17, 15) is 14.4 Å². The van der Waals surface area contributed by atoms with Gasteiger partial charge in [-0.15, -0.1) is 0 Å². The van der Waals surface area contributed by atoms with E-state index in [1.54, 1.807) is 18.2 Å². The van der Waals surface area contributed by atoms with Gasteiger partial charge >= 0.3 is 6.03 Å². The summed E-state index contributed by atoms with van der Waals surface area (Å²) in [5.41, 5.74) is 0.590. The summed E-state index contributed by atoms with van der Waals surface area (Å²) in [6.07, 6.45) is 0. The van der Waals surface area contributed by atoms with E-state index < -0.39 is 5.54 Å². The third kappa shape index (κ3) is 4.22. The average Bonchev–Trinajstić information content (AvgIpc) is 2.82. The van der Waals surface area contributed by atoms with Crippen molar-refractivity contribution in [1.29, 1.82) is 0 Å². The van der Waals surface area contributed by atoms with Crippen LogP contribution in [0.25, 0.3) is 0 Å². The summed E-state index contributed by atoms with van der Waals surface area (Å²) in [4.78, 5) is 40.5. The minimum atomic E-state index is -0.595. The first-order valence-electron chi connectivity index (χ1n) is 8.99. The lowest BCUT2D eigenvalue weighted by atomic mass is 10.1. The molecule has 142 valence electrons. The Morgan fingerprint density at radius 3 is 2.27 bits per heavy atom. The molecule has 0 saturated heterocycles. The number of carbonyl (C=O) groups is 3. The summed E-state index contributed by atoms with van der Waals surface area (Å²) >= 11 is 0. The van der Waals surface area contributed by atoms with E-state index in [2.05, 4.69) is 29.4 Å². The van der Waals surface area contributed by atoms with Crippen LogP contribution >= 0.6 is 0 Å². The first kappa shape index (κ1) is 19.9. The maximum atomic E-state index is 12.6. The van der Waals surface area contributed by atoms with Gasteiger partial charge in [0.1, 0.15) is 0 Å². The maximum absolute atomic E-state index is 12.6. The van der Waals surface area contributed by atoms with E-state index in [1.807, 2.05) is 20.8 Å². The maximum Gasteiger partial charge on any atom is 0.319 e. The molecular formula is C19H28N4O3. The van der Waals surface area contributed by atoms with Crippen LogP contribution in [0, 0.1) is 0 Å². The fourth-order valence-electron chi connectivity index (χ4n) is 2.97. The van der Waals surface area contributed by atoms with Gasteiger partial charge in [-0.2, -0.15) is 0 Å². The van der Waals surface area contributed by atoms with Gasteiger partial charge in [-0.05, 0) is 52.1 Å². The van der Waals surface area contributed by atoms with Gasteiger partial charge in [0.05, 0.1) is 11.1 Å². The number of hydrogen-bond acceptors (Lipinski definition) is 4. The van der Waals surface area contributed by atoms with Crippen LogP contribution in [0.3, 0.4) is 0 Å². The SMILES string of the molecule is CCN(CC)CCNC(=O)Nc1ccc2c(c1)C(=O)N(C(C)(C)C)C2=O. The molecule has 2 N–H and O–H groups in total. The van der Waals surface area contributed by atoms with Crippen molar-refractivity contribution in [3.05, 3.63) is 29.3 Å². The number of nitrogens with one attached hydrogen (secondary N) is 2. The normalized spacial score (nSPS) is 14.0. The molecule has 4 amide bonds. The molecule has 0 aromatic heterocycles. The molecule has 0 unspecified atom stereocenters. The van der Waals surface area contributed by atoms with Crippen LogP contribution in [-0.4, -0.2) is 59.4 Å². The molecule has 0 atom stereocenters. The summed E-state index contributed by atoms with van der Waals surface area (Å²) in [6.45, 7) is 12.8. The van der Waals surface area contributed by atoms with Crippen molar-refractivity contribution >= 4 is 23.5 Å². The zero-order valence-corrected chi connectivity index (χ0v) is 16.2. The monoisotopic (exact) mass is 360 g/mol. The Hall–Kier alpha value is -2.41. The number of fused-ring (bicyclic) bond motifs is 1. The molecule has 1 aliphatic rings. The van der Waals surface area contributed by atoms with Gasteiger partial charge in [0.2, 0.25) is 0 Å². The molecule has 2 rings (SSSR count). The summed E-state index contributed by atoms with van der Waals surface area (Å²) < 4.78 is 0. The molecular weight excluding hydrogens is 332 g/mol. The Balaban J connectivity index is 2.02. The first-order valence-corrected chi connectivity index (χ1v) is 8.99. The lowest BCUT2D eigenvalue weighted by Gasteiger charge is -2.29. The molecule has 1 heterocycles. The first-order chi connectivity index (χ1) is 12.2. The highest BCUT2D eigenvalue weighted by Crippen LogP contribution is 2.30. The highest BCUT2D eigenvalue weighted by atomic mass is 16.2. The molecule has 0 radical (unpaired) electrons. The van der Waals surface area contributed by atoms with Crippen molar-refractivity contribution in [3.8, 4) is 0 Å². The van der Waals surface area contributed by atoms with Crippen molar-refractivity contribution in [2.24, 2.45) is 0 Å². The Morgan fingerprint density at radius 2 is 1.69 bits per heavy atom. The minimum absolute atomic E-state index is 0.298. The second-order valence-corrected chi connectivity index (χ2v) is 7.28. The molecule has 0 bridgehead atoms. The zero-order valence-electron chi connectivity index (χ0n) is 16.2. The molecule has 0 saturated carbocycles. The van der Waals surface area contributed by atoms with Gasteiger partial charge in [-0.3, -0.25) is 14.5 Å². The van der Waals surface area contributed by atoms with E-state index >= 15 is 0 Å². The minimum Gasteiger partial charge on any atom is -0.337 e. The van der Waals surface area contributed by atoms with Crippen molar-refractivity contribution in [2.75, 3.05) is 31.5 Å². The van der Waals surface area contributed by atoms with E-state index in [1.165, 1.54) is 4.90 Å². The van der Waals surface area contributed by atoms with Crippen molar-refractivity contribution < 1.29 is 14.4 Å². The van der Waals surface area contributed by atoms with Crippen LogP contribution in [0.5, 0.6) is 0 Å². The number of benzene rings is 1. The van der Waals surface area contributed by atoms with Gasteiger partial charge < -0.3 is 15.5 Å². The Morgan fingerprint density at radius 1 is 1.08 bits per heavy atom. The molecule has 1 aliphatic heterocycles. The molecule has 0 aliphatic carbocycles. The second-order valence-electron chi connectivity index (χ2n) is 7.28. The number of nitrogens with zero attached hydrogens (tertiary/aromatic N) is 2. The second kappa shape index (κ2) is 7.86. The van der Waals surface area contributed by atoms with Crippen molar-refractivity contribution in [2.45, 2.75) is 40.2 Å². The van der Waals surface area contributed by atoms with E-state index in [-0.39, 0.29) is 17.8 Å². The van der Waals surface area contributed by atoms with Crippen LogP contribution in [0.4, 0.5) is 10.5 Å². The van der Waals surface area contributed by atoms with Gasteiger partial charge in [0.15, 0.2) is 0 Å². The zero-order chi connectivity index (χ0) is 19.5. The average molecular weight is 360 g/mol. The van der Waals surface area contributed by atoms with Crippen LogP contribution in [0.2, 0.25) is 0 Å². The number of likely N-dealkylation sites (N-methyl/N-ethyl adjacent to an activating group) is 1. The number of urea groups is 1. The largest absolute Gasteiger partial charge is 0.337 e. The molecule has 0 fully saturated rings. The lowest BCUT2D eigenvalue weighted by molar-refractivity contribution is 0.0507. The fraction of sp³-hybridized carbons (Fsp3) is 0.526. The molecule has 1 aromatic carbocycles. The van der Waals surface area contributed by atoms with Crippen LogP contribution in [-0.2, 0) is 0 Å². The highest BCUT2D eigenvalue weighted by molar-refractivity contribution is 6.22. The third-order valence-electron chi connectivity index (χ3n) is 4.42. The number of imide groups is 1. The Bertz CT molecular complexity index is 705. The highest BCUT2D eigenvalue weighted by Gasteiger charge is 2.41. The van der Waals surface area contributed by atoms with Gasteiger partial charge in [0.25, 0.3) is 11.8 Å². The molecule has 7 heteroatoms. The van der Waals surface area contributed by atoms with Gasteiger partial charge in [-0.25, -0.2) is 4.79 Å². The smallest absolute Gasteiger partial charge is 0.319 e. The van der Waals surface area contributed by atoms with E-state index in [0.29, 0.717) is 23.4 Å². The summed E-state index contributed by atoms with van der Waals surface area (Å²) in [5, 5.41) is 5.52. The molecule has 7 nitrogen and oxygen atoms in total. The summed E-state index contributed by atoms with van der Waals surface area (Å²) in [5.74, 6) is -0.629. The predicted octanol–water partition coefficient (Wildman–Crippen LogP) is 2.54. The summed E-state index contributed by atoms with van der Waals surface area (Å²) in [7, 11) is 0. The third-order valence-corrected chi connectivity index (χ3v) is 4.42. The number of hydrogen-bond donors (Lipinski definition) is 2. The van der Waals surface area contributed by atoms with Crippen molar-refractivity contribution in [3.63, 3.8) is 0 Å². The topological polar surface area (TPSA) is 81.8 Å². The summed E-state index contributed by atoms with van der Waals surface area (Å²) in [6, 6.07) is 4.46. The van der Waals surface area contributed by atoms with Gasteiger partial charge in [-0.1, -0.05) is 13.8 Å². The quantitative estimate of drug-likeness (QED) is 0.764. The number of anilines is 1. The van der Waals surface area contributed by atoms with E-state index in [4.69, 9.17) is 0 Å². The number of carbonyl (C=O) groups excluding carboxylic acids is 3. The molecule has 26 heavy (non-hydrogen) atoms.